The number of nitrogens with zero attached hydrogens (tertiary/aromatic N) is 2. The maximum absolute atomic E-state index is 13.3. The van der Waals surface area contributed by atoms with E-state index >= 15 is 0 Å². The Kier molecular flexibility index (Phi) is 3.21. The number of nitrogens with two attached hydrogens (primary N) is 1. The zero-order chi connectivity index (χ0) is 15.1. The zero-order valence-electron chi connectivity index (χ0n) is 10.9. The molecule has 1 aromatic carbocycles. The topological polar surface area (TPSA) is 43.8 Å². The first kappa shape index (κ1) is 13.7. The number of hydrogen-bond donors (Lipinski definition) is 1. The van der Waals surface area contributed by atoms with Crippen molar-refractivity contribution in [1.82, 2.24) is 9.78 Å². The van der Waals surface area contributed by atoms with Gasteiger partial charge in [0, 0.05) is 12.1 Å². The molecule has 0 amide bonds. The number of halogens is 3. The molecule has 0 aliphatic rings. The van der Waals surface area contributed by atoms with Crippen molar-refractivity contribution in [3.05, 3.63) is 52.8 Å². The zero-order valence-corrected chi connectivity index (χ0v) is 11.7. The third kappa shape index (κ3) is 2.29. The first-order chi connectivity index (χ1) is 9.97. The monoisotopic (exact) mass is 309 g/mol. The first-order valence-electron chi connectivity index (χ1n) is 6.02. The van der Waals surface area contributed by atoms with Crippen LogP contribution in [0.4, 0.5) is 18.9 Å². The highest BCUT2D eigenvalue weighted by Crippen LogP contribution is 2.32. The maximum Gasteiger partial charge on any atom is 0.194 e. The molecule has 0 fully saturated rings. The van der Waals surface area contributed by atoms with E-state index in [1.54, 1.807) is 0 Å². The molecule has 0 bridgehead atoms. The summed E-state index contributed by atoms with van der Waals surface area (Å²) < 4.78 is 40.8. The fourth-order valence-corrected chi connectivity index (χ4v) is 2.92. The molecular weight excluding hydrogens is 299 g/mol. The second-order valence-electron chi connectivity index (χ2n) is 4.53. The van der Waals surface area contributed by atoms with Gasteiger partial charge < -0.3 is 5.73 Å². The minimum absolute atomic E-state index is 0.0681. The van der Waals surface area contributed by atoms with Gasteiger partial charge in [-0.05, 0) is 23.9 Å². The van der Waals surface area contributed by atoms with Crippen LogP contribution in [0.5, 0.6) is 0 Å². The van der Waals surface area contributed by atoms with E-state index < -0.39 is 17.5 Å². The minimum atomic E-state index is -1.51. The van der Waals surface area contributed by atoms with Gasteiger partial charge in [0.15, 0.2) is 17.5 Å². The smallest absolute Gasteiger partial charge is 0.194 e. The summed E-state index contributed by atoms with van der Waals surface area (Å²) >= 11 is 1.47. The number of nitrogen functional groups attached to an aromatic ring is 1. The van der Waals surface area contributed by atoms with E-state index in [-0.39, 0.29) is 5.69 Å². The fraction of sp³-hybridized carbons (Fsp3) is 0.0714. The van der Waals surface area contributed by atoms with Crippen LogP contribution in [0.1, 0.15) is 5.56 Å². The maximum atomic E-state index is 13.3. The van der Waals surface area contributed by atoms with Gasteiger partial charge in [0.1, 0.15) is 5.69 Å². The van der Waals surface area contributed by atoms with Crippen LogP contribution in [0.25, 0.3) is 16.3 Å². The molecule has 7 heteroatoms. The van der Waals surface area contributed by atoms with Gasteiger partial charge in [-0.1, -0.05) is 0 Å². The van der Waals surface area contributed by atoms with Gasteiger partial charge in [0.25, 0.3) is 0 Å². The largest absolute Gasteiger partial charge is 0.396 e. The van der Waals surface area contributed by atoms with Crippen molar-refractivity contribution in [2.45, 2.75) is 6.92 Å². The van der Waals surface area contributed by atoms with E-state index in [4.69, 9.17) is 5.73 Å². The van der Waals surface area contributed by atoms with Gasteiger partial charge in [-0.15, -0.1) is 11.3 Å². The molecule has 0 spiro atoms. The molecule has 3 aromatic rings. The summed E-state index contributed by atoms with van der Waals surface area (Å²) in [5.74, 6) is -4.05. The molecule has 0 radical (unpaired) electrons. The fourth-order valence-electron chi connectivity index (χ4n) is 1.99. The Morgan fingerprint density at radius 2 is 1.86 bits per heavy atom. The van der Waals surface area contributed by atoms with E-state index in [1.807, 2.05) is 18.4 Å². The minimum Gasteiger partial charge on any atom is -0.396 e. The number of aryl methyl sites for hydroxylation is 1. The normalized spacial score (nSPS) is 11.0. The molecule has 0 atom stereocenters. The van der Waals surface area contributed by atoms with Crippen LogP contribution >= 0.6 is 11.3 Å². The van der Waals surface area contributed by atoms with Crippen LogP contribution in [-0.2, 0) is 0 Å². The van der Waals surface area contributed by atoms with Crippen molar-refractivity contribution in [2.75, 3.05) is 5.73 Å². The highest BCUT2D eigenvalue weighted by atomic mass is 32.1. The summed E-state index contributed by atoms with van der Waals surface area (Å²) in [5.41, 5.74) is 7.90. The van der Waals surface area contributed by atoms with Gasteiger partial charge >= 0.3 is 0 Å². The molecule has 2 aromatic heterocycles. The molecule has 108 valence electrons. The van der Waals surface area contributed by atoms with Crippen molar-refractivity contribution in [1.29, 1.82) is 0 Å². The van der Waals surface area contributed by atoms with Gasteiger partial charge in [-0.2, -0.15) is 5.10 Å². The van der Waals surface area contributed by atoms with Crippen LogP contribution in [0.2, 0.25) is 0 Å². The SMILES string of the molecule is Cc1ccsc1-c1nn(-c2cc(F)c(F)c(F)c2)cc1N. The van der Waals surface area contributed by atoms with E-state index in [9.17, 15) is 13.2 Å². The molecule has 0 unspecified atom stereocenters. The second kappa shape index (κ2) is 4.92. The van der Waals surface area contributed by atoms with Crippen molar-refractivity contribution in [3.63, 3.8) is 0 Å². The summed E-state index contributed by atoms with van der Waals surface area (Å²) in [7, 11) is 0. The Hall–Kier alpha value is -2.28. The lowest BCUT2D eigenvalue weighted by Gasteiger charge is -2.03. The van der Waals surface area contributed by atoms with Crippen LogP contribution in [0.3, 0.4) is 0 Å². The number of rotatable bonds is 2. The van der Waals surface area contributed by atoms with Gasteiger partial charge in [0.05, 0.1) is 22.4 Å². The Morgan fingerprint density at radius 1 is 1.19 bits per heavy atom. The molecular formula is C14H10F3N3S. The standard InChI is InChI=1S/C14H10F3N3S/c1-7-2-3-21-14(7)13-11(18)6-20(19-13)8-4-9(15)12(17)10(16)5-8/h2-6H,18H2,1H3. The lowest BCUT2D eigenvalue weighted by molar-refractivity contribution is 0.446. The molecule has 3 rings (SSSR count). The van der Waals surface area contributed by atoms with Gasteiger partial charge in [0.2, 0.25) is 0 Å². The predicted octanol–water partition coefficient (Wildman–Crippen LogP) is 3.91. The average Bonchev–Trinajstić information content (AvgIpc) is 3.01. The van der Waals surface area contributed by atoms with Crippen LogP contribution < -0.4 is 5.73 Å². The number of aromatic nitrogens is 2. The number of thiophene rings is 1. The van der Waals surface area contributed by atoms with Gasteiger partial charge in [-0.25, -0.2) is 17.9 Å². The number of benzene rings is 1. The summed E-state index contributed by atoms with van der Waals surface area (Å²) in [6.45, 7) is 1.92. The molecule has 3 nitrogen and oxygen atoms in total. The molecule has 21 heavy (non-hydrogen) atoms. The number of anilines is 1. The summed E-state index contributed by atoms with van der Waals surface area (Å²) in [6, 6.07) is 3.67. The highest BCUT2D eigenvalue weighted by Gasteiger charge is 2.16. The summed E-state index contributed by atoms with van der Waals surface area (Å²) in [4.78, 5) is 0.884. The molecule has 2 N–H and O–H groups in total. The average molecular weight is 309 g/mol. The van der Waals surface area contributed by atoms with Gasteiger partial charge in [-0.3, -0.25) is 0 Å². The third-order valence-electron chi connectivity index (χ3n) is 3.05. The van der Waals surface area contributed by atoms with Crippen molar-refractivity contribution in [3.8, 4) is 16.3 Å². The Balaban J connectivity index is 2.12. The quantitative estimate of drug-likeness (QED) is 0.729. The molecule has 0 saturated carbocycles. The Labute approximate surface area is 122 Å². The third-order valence-corrected chi connectivity index (χ3v) is 4.08. The summed E-state index contributed by atoms with van der Waals surface area (Å²) in [5, 5.41) is 6.14. The van der Waals surface area contributed by atoms with Crippen molar-refractivity contribution >= 4 is 17.0 Å². The highest BCUT2D eigenvalue weighted by molar-refractivity contribution is 7.13. The lowest BCUT2D eigenvalue weighted by atomic mass is 10.2. The van der Waals surface area contributed by atoms with E-state index in [0.717, 1.165) is 22.6 Å². The van der Waals surface area contributed by atoms with E-state index in [1.165, 1.54) is 22.2 Å². The second-order valence-corrected chi connectivity index (χ2v) is 5.45. The van der Waals surface area contributed by atoms with Crippen LogP contribution in [0.15, 0.2) is 29.8 Å². The molecule has 0 saturated heterocycles. The first-order valence-corrected chi connectivity index (χ1v) is 6.90. The van der Waals surface area contributed by atoms with Crippen LogP contribution in [-0.4, -0.2) is 9.78 Å². The number of hydrogen-bond acceptors (Lipinski definition) is 3. The van der Waals surface area contributed by atoms with Crippen molar-refractivity contribution in [2.24, 2.45) is 0 Å². The van der Waals surface area contributed by atoms with E-state index in [2.05, 4.69) is 5.10 Å². The molecule has 2 heterocycles. The molecule has 0 aliphatic heterocycles. The van der Waals surface area contributed by atoms with Crippen molar-refractivity contribution < 1.29 is 13.2 Å². The van der Waals surface area contributed by atoms with E-state index in [0.29, 0.717) is 11.4 Å². The summed E-state index contributed by atoms with van der Waals surface area (Å²) in [6.07, 6.45) is 1.45. The molecule has 0 aliphatic carbocycles. The Morgan fingerprint density at radius 3 is 2.43 bits per heavy atom. The lowest BCUT2D eigenvalue weighted by Crippen LogP contribution is -2.00. The Bertz CT molecular complexity index is 800. The predicted molar refractivity (Wildman–Crippen MR) is 75.9 cm³/mol. The van der Waals surface area contributed by atoms with Crippen LogP contribution in [0, 0.1) is 24.4 Å².